The van der Waals surface area contributed by atoms with Crippen LogP contribution in [0.1, 0.15) is 18.5 Å². The van der Waals surface area contributed by atoms with Crippen LogP contribution in [0.3, 0.4) is 0 Å². The van der Waals surface area contributed by atoms with Crippen LogP contribution in [0.25, 0.3) is 0 Å². The van der Waals surface area contributed by atoms with Crippen LogP contribution in [0.5, 0.6) is 0 Å². The van der Waals surface area contributed by atoms with Gasteiger partial charge < -0.3 is 14.9 Å². The Kier molecular flexibility index (Phi) is 5.91. The summed E-state index contributed by atoms with van der Waals surface area (Å²) in [5.74, 6) is 0. The minimum atomic E-state index is -1.38. The standard InChI is InChI=1S/C10H16BNO2.ClH/c1-8(12(2)3)9-4-6-10(7-5-9)11(13)14;/h4-8,13-14H,1-3H3;1H. The molecule has 0 spiro atoms. The van der Waals surface area contributed by atoms with E-state index in [1.165, 1.54) is 5.56 Å². The van der Waals surface area contributed by atoms with Gasteiger partial charge in [-0.1, -0.05) is 24.3 Å². The molecule has 1 atom stereocenters. The Bertz CT molecular complexity index is 290. The second-order valence-corrected chi connectivity index (χ2v) is 3.68. The Labute approximate surface area is 97.3 Å². The van der Waals surface area contributed by atoms with Gasteiger partial charge in [-0.15, -0.1) is 12.4 Å². The summed E-state index contributed by atoms with van der Waals surface area (Å²) in [7, 11) is 2.65. The molecule has 0 radical (unpaired) electrons. The molecule has 1 rings (SSSR count). The van der Waals surface area contributed by atoms with Crippen molar-refractivity contribution in [1.29, 1.82) is 0 Å². The third-order valence-corrected chi connectivity index (χ3v) is 2.49. The largest absolute Gasteiger partial charge is 0.488 e. The summed E-state index contributed by atoms with van der Waals surface area (Å²) in [5, 5.41) is 17.8. The number of nitrogens with zero attached hydrogens (tertiary/aromatic N) is 1. The Morgan fingerprint density at radius 3 is 1.93 bits per heavy atom. The molecule has 2 N–H and O–H groups in total. The second-order valence-electron chi connectivity index (χ2n) is 3.68. The molecule has 0 fully saturated rings. The lowest BCUT2D eigenvalue weighted by atomic mass is 9.80. The quantitative estimate of drug-likeness (QED) is 0.738. The fourth-order valence-corrected chi connectivity index (χ4v) is 1.24. The Hall–Kier alpha value is -0.545. The average molecular weight is 230 g/mol. The van der Waals surface area contributed by atoms with Crippen molar-refractivity contribution in [2.75, 3.05) is 14.1 Å². The van der Waals surface area contributed by atoms with E-state index in [1.54, 1.807) is 12.1 Å². The van der Waals surface area contributed by atoms with Crippen LogP contribution in [0, 0.1) is 0 Å². The molecule has 0 aliphatic rings. The number of hydrogen-bond acceptors (Lipinski definition) is 3. The highest BCUT2D eigenvalue weighted by Gasteiger charge is 2.12. The van der Waals surface area contributed by atoms with Crippen LogP contribution < -0.4 is 5.46 Å². The molecular formula is C10H17BClNO2. The summed E-state index contributed by atoms with van der Waals surface area (Å²) in [6.07, 6.45) is 0. The molecule has 1 aromatic carbocycles. The summed E-state index contributed by atoms with van der Waals surface area (Å²) in [4.78, 5) is 2.10. The number of benzene rings is 1. The van der Waals surface area contributed by atoms with Crippen molar-refractivity contribution in [3.05, 3.63) is 29.8 Å². The fourth-order valence-electron chi connectivity index (χ4n) is 1.24. The predicted molar refractivity (Wildman–Crippen MR) is 65.6 cm³/mol. The molecule has 0 heterocycles. The van der Waals surface area contributed by atoms with E-state index in [4.69, 9.17) is 10.0 Å². The predicted octanol–water partition coefficient (Wildman–Crippen LogP) is 0.411. The summed E-state index contributed by atoms with van der Waals surface area (Å²) < 4.78 is 0. The van der Waals surface area contributed by atoms with E-state index in [1.807, 2.05) is 26.2 Å². The molecule has 1 aromatic rings. The molecule has 0 amide bonds. The second kappa shape index (κ2) is 6.13. The van der Waals surface area contributed by atoms with Crippen molar-refractivity contribution in [1.82, 2.24) is 4.90 Å². The van der Waals surface area contributed by atoms with Gasteiger partial charge in [-0.3, -0.25) is 0 Å². The van der Waals surface area contributed by atoms with Crippen molar-refractivity contribution in [2.24, 2.45) is 0 Å². The van der Waals surface area contributed by atoms with Gasteiger partial charge in [-0.05, 0) is 32.0 Å². The van der Waals surface area contributed by atoms with Gasteiger partial charge in [-0.25, -0.2) is 0 Å². The minimum absolute atomic E-state index is 0. The SMILES string of the molecule is CC(c1ccc(B(O)O)cc1)N(C)C.Cl. The maximum Gasteiger partial charge on any atom is 0.488 e. The minimum Gasteiger partial charge on any atom is -0.423 e. The Morgan fingerprint density at radius 2 is 1.60 bits per heavy atom. The molecule has 3 nitrogen and oxygen atoms in total. The highest BCUT2D eigenvalue weighted by Crippen LogP contribution is 2.15. The van der Waals surface area contributed by atoms with E-state index >= 15 is 0 Å². The first-order valence-electron chi connectivity index (χ1n) is 4.65. The van der Waals surface area contributed by atoms with Crippen LogP contribution in [-0.2, 0) is 0 Å². The van der Waals surface area contributed by atoms with Crippen LogP contribution in [0.4, 0.5) is 0 Å². The molecule has 5 heteroatoms. The lowest BCUT2D eigenvalue weighted by molar-refractivity contribution is 0.321. The fraction of sp³-hybridized carbons (Fsp3) is 0.400. The van der Waals surface area contributed by atoms with Gasteiger partial charge in [0.2, 0.25) is 0 Å². The zero-order valence-corrected chi connectivity index (χ0v) is 10.0. The Balaban J connectivity index is 0.00000196. The molecule has 0 aliphatic carbocycles. The van der Waals surface area contributed by atoms with Gasteiger partial charge in [0.25, 0.3) is 0 Å². The normalized spacial score (nSPS) is 12.1. The first-order chi connectivity index (χ1) is 6.52. The topological polar surface area (TPSA) is 43.7 Å². The van der Waals surface area contributed by atoms with Crippen molar-refractivity contribution in [3.63, 3.8) is 0 Å². The maximum atomic E-state index is 8.91. The molecule has 0 saturated heterocycles. The molecule has 15 heavy (non-hydrogen) atoms. The lowest BCUT2D eigenvalue weighted by Gasteiger charge is -2.20. The van der Waals surface area contributed by atoms with Crippen LogP contribution in [0.2, 0.25) is 0 Å². The van der Waals surface area contributed by atoms with Crippen molar-refractivity contribution < 1.29 is 10.0 Å². The molecule has 0 aliphatic heterocycles. The lowest BCUT2D eigenvalue weighted by Crippen LogP contribution is -2.29. The molecule has 1 unspecified atom stereocenters. The highest BCUT2D eigenvalue weighted by molar-refractivity contribution is 6.58. The smallest absolute Gasteiger partial charge is 0.423 e. The van der Waals surface area contributed by atoms with E-state index in [9.17, 15) is 0 Å². The third kappa shape index (κ3) is 3.84. The van der Waals surface area contributed by atoms with E-state index in [-0.39, 0.29) is 12.4 Å². The van der Waals surface area contributed by atoms with Crippen LogP contribution in [0.15, 0.2) is 24.3 Å². The van der Waals surface area contributed by atoms with Crippen molar-refractivity contribution in [2.45, 2.75) is 13.0 Å². The van der Waals surface area contributed by atoms with Crippen LogP contribution >= 0.6 is 12.4 Å². The van der Waals surface area contributed by atoms with E-state index in [2.05, 4.69) is 11.8 Å². The first kappa shape index (κ1) is 14.5. The van der Waals surface area contributed by atoms with Gasteiger partial charge in [-0.2, -0.15) is 0 Å². The van der Waals surface area contributed by atoms with Gasteiger partial charge in [0, 0.05) is 6.04 Å². The first-order valence-corrected chi connectivity index (χ1v) is 4.65. The third-order valence-electron chi connectivity index (χ3n) is 2.49. The summed E-state index contributed by atoms with van der Waals surface area (Å²) >= 11 is 0. The average Bonchev–Trinajstić information content (AvgIpc) is 2.16. The number of halogens is 1. The van der Waals surface area contributed by atoms with Crippen molar-refractivity contribution in [3.8, 4) is 0 Å². The molecular weight excluding hydrogens is 212 g/mol. The van der Waals surface area contributed by atoms with Gasteiger partial charge in [0.05, 0.1) is 0 Å². The zero-order chi connectivity index (χ0) is 10.7. The van der Waals surface area contributed by atoms with Gasteiger partial charge in [0.1, 0.15) is 0 Å². The summed E-state index contributed by atoms with van der Waals surface area (Å²) in [6.45, 7) is 2.10. The molecule has 0 aromatic heterocycles. The Morgan fingerprint density at radius 1 is 1.13 bits per heavy atom. The number of hydrogen-bond donors (Lipinski definition) is 2. The van der Waals surface area contributed by atoms with Gasteiger partial charge >= 0.3 is 7.12 Å². The van der Waals surface area contributed by atoms with E-state index in [0.29, 0.717) is 11.5 Å². The van der Waals surface area contributed by atoms with Crippen LogP contribution in [-0.4, -0.2) is 36.2 Å². The van der Waals surface area contributed by atoms with Gasteiger partial charge in [0.15, 0.2) is 0 Å². The number of rotatable bonds is 3. The monoisotopic (exact) mass is 229 g/mol. The highest BCUT2D eigenvalue weighted by atomic mass is 35.5. The summed E-state index contributed by atoms with van der Waals surface area (Å²) in [5.41, 5.74) is 1.69. The molecule has 0 bridgehead atoms. The van der Waals surface area contributed by atoms with E-state index < -0.39 is 7.12 Å². The van der Waals surface area contributed by atoms with E-state index in [0.717, 1.165) is 0 Å². The molecule has 0 saturated carbocycles. The zero-order valence-electron chi connectivity index (χ0n) is 9.21. The summed E-state index contributed by atoms with van der Waals surface area (Å²) in [6, 6.07) is 7.64. The molecule has 84 valence electrons. The maximum absolute atomic E-state index is 8.91. The van der Waals surface area contributed by atoms with Crippen molar-refractivity contribution >= 4 is 25.0 Å².